The average Bonchev–Trinajstić information content (AvgIpc) is 2.46. The Kier molecular flexibility index (Phi) is 4.48. The summed E-state index contributed by atoms with van der Waals surface area (Å²) in [6, 6.07) is 12.8. The van der Waals surface area contributed by atoms with Gasteiger partial charge in [0.1, 0.15) is 5.82 Å². The first kappa shape index (κ1) is 14.9. The summed E-state index contributed by atoms with van der Waals surface area (Å²) in [4.78, 5) is 25.5. The fraction of sp³-hybridized carbons (Fsp3) is 0.176. The average molecular weight is 285 g/mol. The zero-order valence-electron chi connectivity index (χ0n) is 12.0. The van der Waals surface area contributed by atoms with E-state index in [0.29, 0.717) is 11.1 Å². The number of benzene rings is 2. The van der Waals surface area contributed by atoms with Crippen molar-refractivity contribution in [2.24, 2.45) is 0 Å². The Bertz CT molecular complexity index is 665. The maximum atomic E-state index is 13.1. The summed E-state index contributed by atoms with van der Waals surface area (Å²) in [5, 5.41) is 0. The van der Waals surface area contributed by atoms with Crippen molar-refractivity contribution in [1.82, 2.24) is 4.90 Å². The molecular weight excluding hydrogens is 269 g/mol. The Morgan fingerprint density at radius 1 is 1.10 bits per heavy atom. The first-order valence-corrected chi connectivity index (χ1v) is 6.58. The minimum Gasteiger partial charge on any atom is -0.335 e. The molecule has 2 rings (SSSR count). The highest BCUT2D eigenvalue weighted by molar-refractivity contribution is 6.42. The standard InChI is InChI=1S/C17H16FNO2/c1-12-6-8-14(9-7-12)16(20)17(21)19(2)11-13-4-3-5-15(18)10-13/h3-10H,11H2,1-2H3. The molecule has 0 spiro atoms. The van der Waals surface area contributed by atoms with Gasteiger partial charge >= 0.3 is 0 Å². The van der Waals surface area contributed by atoms with Gasteiger partial charge in [-0.25, -0.2) is 4.39 Å². The smallest absolute Gasteiger partial charge is 0.294 e. The number of Topliss-reactive ketones (excluding diaryl/α,β-unsaturated/α-hetero) is 1. The second-order valence-electron chi connectivity index (χ2n) is 4.99. The highest BCUT2D eigenvalue weighted by atomic mass is 19.1. The highest BCUT2D eigenvalue weighted by Gasteiger charge is 2.20. The molecule has 0 saturated heterocycles. The molecular formula is C17H16FNO2. The van der Waals surface area contributed by atoms with Crippen LogP contribution in [0.15, 0.2) is 48.5 Å². The van der Waals surface area contributed by atoms with E-state index in [-0.39, 0.29) is 12.4 Å². The van der Waals surface area contributed by atoms with Crippen molar-refractivity contribution in [2.75, 3.05) is 7.05 Å². The number of likely N-dealkylation sites (N-methyl/N-ethyl adjacent to an activating group) is 1. The van der Waals surface area contributed by atoms with Crippen LogP contribution in [0.2, 0.25) is 0 Å². The summed E-state index contributed by atoms with van der Waals surface area (Å²) in [5.41, 5.74) is 2.02. The lowest BCUT2D eigenvalue weighted by molar-refractivity contribution is -0.125. The quantitative estimate of drug-likeness (QED) is 0.639. The lowest BCUT2D eigenvalue weighted by atomic mass is 10.1. The molecule has 0 saturated carbocycles. The number of amides is 1. The molecule has 1 amide bonds. The number of carbonyl (C=O) groups is 2. The van der Waals surface area contributed by atoms with E-state index in [1.807, 2.05) is 6.92 Å². The largest absolute Gasteiger partial charge is 0.335 e. The van der Waals surface area contributed by atoms with Crippen molar-refractivity contribution >= 4 is 11.7 Å². The van der Waals surface area contributed by atoms with Crippen LogP contribution in [0.4, 0.5) is 4.39 Å². The third-order valence-electron chi connectivity index (χ3n) is 3.16. The van der Waals surface area contributed by atoms with Crippen molar-refractivity contribution in [3.05, 3.63) is 71.0 Å². The van der Waals surface area contributed by atoms with Gasteiger partial charge in [-0.3, -0.25) is 9.59 Å². The SMILES string of the molecule is Cc1ccc(C(=O)C(=O)N(C)Cc2cccc(F)c2)cc1. The van der Waals surface area contributed by atoms with Gasteiger partial charge < -0.3 is 4.90 Å². The van der Waals surface area contributed by atoms with Crippen LogP contribution >= 0.6 is 0 Å². The maximum absolute atomic E-state index is 13.1. The molecule has 0 unspecified atom stereocenters. The van der Waals surface area contributed by atoms with E-state index in [1.165, 1.54) is 24.1 Å². The molecule has 108 valence electrons. The van der Waals surface area contributed by atoms with E-state index in [0.717, 1.165) is 5.56 Å². The monoisotopic (exact) mass is 285 g/mol. The third-order valence-corrected chi connectivity index (χ3v) is 3.16. The van der Waals surface area contributed by atoms with E-state index in [9.17, 15) is 14.0 Å². The van der Waals surface area contributed by atoms with E-state index in [1.54, 1.807) is 36.4 Å². The molecule has 0 aliphatic heterocycles. The normalized spacial score (nSPS) is 10.2. The molecule has 0 bridgehead atoms. The van der Waals surface area contributed by atoms with Gasteiger partial charge in [0.2, 0.25) is 5.78 Å². The number of halogens is 1. The van der Waals surface area contributed by atoms with Gasteiger partial charge in [0.05, 0.1) is 0 Å². The van der Waals surface area contributed by atoms with Crippen LogP contribution in [0.3, 0.4) is 0 Å². The van der Waals surface area contributed by atoms with Gasteiger partial charge in [0, 0.05) is 19.2 Å². The molecule has 0 fully saturated rings. The van der Waals surface area contributed by atoms with Crippen LogP contribution in [0.5, 0.6) is 0 Å². The van der Waals surface area contributed by atoms with Crippen molar-refractivity contribution in [3.63, 3.8) is 0 Å². The summed E-state index contributed by atoms with van der Waals surface area (Å²) in [6.45, 7) is 2.10. The Balaban J connectivity index is 2.08. The van der Waals surface area contributed by atoms with Crippen LogP contribution in [0.25, 0.3) is 0 Å². The molecule has 21 heavy (non-hydrogen) atoms. The van der Waals surface area contributed by atoms with Crippen LogP contribution < -0.4 is 0 Å². The minimum absolute atomic E-state index is 0.189. The van der Waals surface area contributed by atoms with E-state index >= 15 is 0 Å². The zero-order chi connectivity index (χ0) is 15.4. The summed E-state index contributed by atoms with van der Waals surface area (Å²) in [5.74, 6) is -1.53. The van der Waals surface area contributed by atoms with Crippen molar-refractivity contribution < 1.29 is 14.0 Å². The van der Waals surface area contributed by atoms with E-state index < -0.39 is 11.7 Å². The Hall–Kier alpha value is -2.49. The number of hydrogen-bond donors (Lipinski definition) is 0. The maximum Gasteiger partial charge on any atom is 0.294 e. The van der Waals surface area contributed by atoms with Crippen molar-refractivity contribution in [1.29, 1.82) is 0 Å². The molecule has 0 N–H and O–H groups in total. The molecule has 0 atom stereocenters. The number of aryl methyl sites for hydroxylation is 1. The molecule has 0 aliphatic rings. The Morgan fingerprint density at radius 2 is 1.76 bits per heavy atom. The summed E-state index contributed by atoms with van der Waals surface area (Å²) < 4.78 is 13.1. The second kappa shape index (κ2) is 6.31. The van der Waals surface area contributed by atoms with Crippen LogP contribution in [-0.2, 0) is 11.3 Å². The van der Waals surface area contributed by atoms with Gasteiger partial charge in [-0.05, 0) is 24.6 Å². The summed E-state index contributed by atoms with van der Waals surface area (Å²) in [6.07, 6.45) is 0. The predicted molar refractivity (Wildman–Crippen MR) is 78.4 cm³/mol. The highest BCUT2D eigenvalue weighted by Crippen LogP contribution is 2.09. The van der Waals surface area contributed by atoms with Crippen molar-refractivity contribution in [2.45, 2.75) is 13.5 Å². The molecule has 3 nitrogen and oxygen atoms in total. The van der Waals surface area contributed by atoms with E-state index in [2.05, 4.69) is 0 Å². The van der Waals surface area contributed by atoms with Crippen LogP contribution in [-0.4, -0.2) is 23.6 Å². The van der Waals surface area contributed by atoms with Gasteiger partial charge in [0.25, 0.3) is 5.91 Å². The third kappa shape index (κ3) is 3.75. The number of hydrogen-bond acceptors (Lipinski definition) is 2. The number of rotatable bonds is 4. The Labute approximate surface area is 123 Å². The van der Waals surface area contributed by atoms with Gasteiger partial charge in [0.15, 0.2) is 0 Å². The molecule has 2 aromatic carbocycles. The fourth-order valence-corrected chi connectivity index (χ4v) is 1.98. The molecule has 0 aromatic heterocycles. The van der Waals surface area contributed by atoms with Crippen LogP contribution in [0.1, 0.15) is 21.5 Å². The first-order chi connectivity index (χ1) is 9.97. The Morgan fingerprint density at radius 3 is 2.38 bits per heavy atom. The number of ketones is 1. The summed E-state index contributed by atoms with van der Waals surface area (Å²) in [7, 11) is 1.53. The molecule has 2 aromatic rings. The molecule has 4 heteroatoms. The zero-order valence-corrected chi connectivity index (χ0v) is 12.0. The van der Waals surface area contributed by atoms with Gasteiger partial charge in [-0.2, -0.15) is 0 Å². The van der Waals surface area contributed by atoms with E-state index in [4.69, 9.17) is 0 Å². The number of nitrogens with zero attached hydrogens (tertiary/aromatic N) is 1. The lowest BCUT2D eigenvalue weighted by Crippen LogP contribution is -2.32. The van der Waals surface area contributed by atoms with Crippen molar-refractivity contribution in [3.8, 4) is 0 Å². The van der Waals surface area contributed by atoms with Gasteiger partial charge in [-0.15, -0.1) is 0 Å². The lowest BCUT2D eigenvalue weighted by Gasteiger charge is -2.16. The second-order valence-corrected chi connectivity index (χ2v) is 4.99. The van der Waals surface area contributed by atoms with Gasteiger partial charge in [-0.1, -0.05) is 42.0 Å². The minimum atomic E-state index is -0.608. The molecule has 0 heterocycles. The molecule has 0 radical (unpaired) electrons. The number of carbonyl (C=O) groups excluding carboxylic acids is 2. The first-order valence-electron chi connectivity index (χ1n) is 6.58. The van der Waals surface area contributed by atoms with Crippen LogP contribution in [0, 0.1) is 12.7 Å². The molecule has 0 aliphatic carbocycles. The predicted octanol–water partition coefficient (Wildman–Crippen LogP) is 2.98. The fourth-order valence-electron chi connectivity index (χ4n) is 1.98. The topological polar surface area (TPSA) is 37.4 Å². The summed E-state index contributed by atoms with van der Waals surface area (Å²) >= 11 is 0.